The van der Waals surface area contributed by atoms with E-state index in [0.29, 0.717) is 41.7 Å². The second kappa shape index (κ2) is 7.34. The number of nitrogens with zero attached hydrogens (tertiary/aromatic N) is 5. The van der Waals surface area contributed by atoms with Crippen LogP contribution in [0, 0.1) is 27.7 Å². The van der Waals surface area contributed by atoms with E-state index in [0.717, 1.165) is 11.6 Å². The van der Waals surface area contributed by atoms with E-state index in [4.69, 9.17) is 4.52 Å². The first kappa shape index (κ1) is 17.6. The first-order valence-electron chi connectivity index (χ1n) is 8.26. The number of aromatic nitrogens is 5. The van der Waals surface area contributed by atoms with E-state index in [2.05, 4.69) is 30.7 Å². The van der Waals surface area contributed by atoms with E-state index in [1.165, 1.54) is 0 Å². The SMILES string of the molecule is Cc1nc(NCCNC(=O)c2c(C)noc2C)cc(-n2ccnc2C)n1. The first-order valence-corrected chi connectivity index (χ1v) is 8.26. The maximum Gasteiger partial charge on any atom is 0.256 e. The molecule has 0 aliphatic rings. The predicted octanol–water partition coefficient (Wildman–Crippen LogP) is 1.73. The highest BCUT2D eigenvalue weighted by atomic mass is 16.5. The quantitative estimate of drug-likeness (QED) is 0.648. The molecule has 0 aliphatic heterocycles. The topological polar surface area (TPSA) is 111 Å². The number of imidazole rings is 1. The van der Waals surface area contributed by atoms with Gasteiger partial charge in [-0.1, -0.05) is 5.16 Å². The Bertz CT molecular complexity index is 910. The van der Waals surface area contributed by atoms with Crippen LogP contribution in [0.15, 0.2) is 23.0 Å². The van der Waals surface area contributed by atoms with Crippen molar-refractivity contribution in [3.05, 3.63) is 47.1 Å². The lowest BCUT2D eigenvalue weighted by molar-refractivity contribution is 0.0953. The van der Waals surface area contributed by atoms with Gasteiger partial charge in [-0.2, -0.15) is 0 Å². The van der Waals surface area contributed by atoms with Gasteiger partial charge >= 0.3 is 0 Å². The number of anilines is 1. The lowest BCUT2D eigenvalue weighted by atomic mass is 10.2. The van der Waals surface area contributed by atoms with Gasteiger partial charge in [0.2, 0.25) is 0 Å². The van der Waals surface area contributed by atoms with E-state index in [9.17, 15) is 4.79 Å². The van der Waals surface area contributed by atoms with E-state index < -0.39 is 0 Å². The van der Waals surface area contributed by atoms with Gasteiger partial charge in [-0.15, -0.1) is 0 Å². The van der Waals surface area contributed by atoms with Crippen molar-refractivity contribution >= 4 is 11.7 Å². The Morgan fingerprint density at radius 1 is 1.19 bits per heavy atom. The van der Waals surface area contributed by atoms with Gasteiger partial charge in [-0.3, -0.25) is 9.36 Å². The predicted molar refractivity (Wildman–Crippen MR) is 95.4 cm³/mol. The number of hydrogen-bond donors (Lipinski definition) is 2. The van der Waals surface area contributed by atoms with E-state index >= 15 is 0 Å². The lowest BCUT2D eigenvalue weighted by Crippen LogP contribution is -2.29. The van der Waals surface area contributed by atoms with Gasteiger partial charge in [-0.05, 0) is 27.7 Å². The molecular weight excluding hydrogens is 334 g/mol. The average molecular weight is 355 g/mol. The first-order chi connectivity index (χ1) is 12.5. The normalized spacial score (nSPS) is 10.8. The molecule has 0 atom stereocenters. The van der Waals surface area contributed by atoms with Gasteiger partial charge in [0.25, 0.3) is 5.91 Å². The summed E-state index contributed by atoms with van der Waals surface area (Å²) in [4.78, 5) is 25.2. The van der Waals surface area contributed by atoms with Gasteiger partial charge in [0, 0.05) is 31.5 Å². The van der Waals surface area contributed by atoms with Gasteiger partial charge in [0.05, 0.1) is 5.69 Å². The number of hydrogen-bond acceptors (Lipinski definition) is 7. The van der Waals surface area contributed by atoms with Crippen LogP contribution in [0.5, 0.6) is 0 Å². The van der Waals surface area contributed by atoms with Crippen LogP contribution in [0.1, 0.15) is 33.5 Å². The number of rotatable bonds is 6. The molecule has 136 valence electrons. The van der Waals surface area contributed by atoms with Gasteiger partial charge < -0.3 is 15.2 Å². The van der Waals surface area contributed by atoms with E-state index in [1.807, 2.05) is 30.7 Å². The van der Waals surface area contributed by atoms with Crippen LogP contribution in [0.2, 0.25) is 0 Å². The third-order valence-corrected chi connectivity index (χ3v) is 3.87. The second-order valence-corrected chi connectivity index (χ2v) is 5.88. The van der Waals surface area contributed by atoms with Crippen molar-refractivity contribution < 1.29 is 9.32 Å². The molecule has 3 rings (SSSR count). The monoisotopic (exact) mass is 355 g/mol. The number of nitrogens with one attached hydrogen (secondary N) is 2. The summed E-state index contributed by atoms with van der Waals surface area (Å²) < 4.78 is 6.90. The lowest BCUT2D eigenvalue weighted by Gasteiger charge is -2.10. The Morgan fingerprint density at radius 3 is 2.65 bits per heavy atom. The maximum atomic E-state index is 12.2. The van der Waals surface area contributed by atoms with Crippen molar-refractivity contribution in [1.29, 1.82) is 0 Å². The van der Waals surface area contributed by atoms with Crippen molar-refractivity contribution in [1.82, 2.24) is 30.0 Å². The highest BCUT2D eigenvalue weighted by Crippen LogP contribution is 2.13. The van der Waals surface area contributed by atoms with Gasteiger partial charge in [-0.25, -0.2) is 15.0 Å². The van der Waals surface area contributed by atoms with Crippen LogP contribution in [-0.2, 0) is 0 Å². The minimum absolute atomic E-state index is 0.198. The summed E-state index contributed by atoms with van der Waals surface area (Å²) in [6.45, 7) is 8.16. The van der Waals surface area contributed by atoms with Crippen molar-refractivity contribution in [2.24, 2.45) is 0 Å². The molecule has 9 nitrogen and oxygen atoms in total. The molecular formula is C17H21N7O2. The number of carbonyl (C=O) groups excluding carboxylic acids is 1. The molecule has 1 amide bonds. The summed E-state index contributed by atoms with van der Waals surface area (Å²) >= 11 is 0. The van der Waals surface area contributed by atoms with Crippen LogP contribution < -0.4 is 10.6 Å². The second-order valence-electron chi connectivity index (χ2n) is 5.88. The molecule has 3 aromatic rings. The molecule has 2 N–H and O–H groups in total. The summed E-state index contributed by atoms with van der Waals surface area (Å²) in [5, 5.41) is 9.83. The van der Waals surface area contributed by atoms with Crippen LogP contribution in [0.25, 0.3) is 5.82 Å². The van der Waals surface area contributed by atoms with Gasteiger partial charge in [0.1, 0.15) is 34.6 Å². The third kappa shape index (κ3) is 3.71. The highest BCUT2D eigenvalue weighted by molar-refractivity contribution is 5.96. The number of aryl methyl sites for hydroxylation is 4. The Balaban J connectivity index is 1.59. The molecule has 3 aromatic heterocycles. The fourth-order valence-corrected chi connectivity index (χ4v) is 2.65. The van der Waals surface area contributed by atoms with Gasteiger partial charge in [0.15, 0.2) is 0 Å². The van der Waals surface area contributed by atoms with E-state index in [-0.39, 0.29) is 5.91 Å². The summed E-state index contributed by atoms with van der Waals surface area (Å²) in [6, 6.07) is 1.85. The minimum atomic E-state index is -0.198. The molecule has 0 radical (unpaired) electrons. The molecule has 0 bridgehead atoms. The molecule has 0 aliphatic carbocycles. The smallest absolute Gasteiger partial charge is 0.256 e. The largest absolute Gasteiger partial charge is 0.368 e. The van der Waals surface area contributed by atoms with Crippen molar-refractivity contribution in [3.8, 4) is 5.82 Å². The zero-order valence-electron chi connectivity index (χ0n) is 15.2. The molecule has 0 fully saturated rings. The van der Waals surface area contributed by atoms with Crippen molar-refractivity contribution in [3.63, 3.8) is 0 Å². The zero-order chi connectivity index (χ0) is 18.7. The molecule has 9 heteroatoms. The summed E-state index contributed by atoms with van der Waals surface area (Å²) in [5.74, 6) is 3.25. The molecule has 0 aromatic carbocycles. The van der Waals surface area contributed by atoms with Crippen LogP contribution in [0.4, 0.5) is 5.82 Å². The number of amides is 1. The fourth-order valence-electron chi connectivity index (χ4n) is 2.65. The Hall–Kier alpha value is -3.23. The molecule has 0 saturated carbocycles. The Morgan fingerprint density at radius 2 is 2.00 bits per heavy atom. The third-order valence-electron chi connectivity index (χ3n) is 3.87. The Kier molecular flexibility index (Phi) is 4.97. The zero-order valence-corrected chi connectivity index (χ0v) is 15.2. The molecule has 0 saturated heterocycles. The highest BCUT2D eigenvalue weighted by Gasteiger charge is 2.16. The molecule has 0 spiro atoms. The van der Waals surface area contributed by atoms with Crippen molar-refractivity contribution in [2.75, 3.05) is 18.4 Å². The molecule has 3 heterocycles. The summed E-state index contributed by atoms with van der Waals surface area (Å²) in [7, 11) is 0. The summed E-state index contributed by atoms with van der Waals surface area (Å²) in [6.07, 6.45) is 3.58. The van der Waals surface area contributed by atoms with Crippen LogP contribution >= 0.6 is 0 Å². The minimum Gasteiger partial charge on any atom is -0.368 e. The number of carbonyl (C=O) groups is 1. The van der Waals surface area contributed by atoms with Crippen LogP contribution in [0.3, 0.4) is 0 Å². The van der Waals surface area contributed by atoms with Crippen LogP contribution in [-0.4, -0.2) is 43.7 Å². The molecule has 26 heavy (non-hydrogen) atoms. The van der Waals surface area contributed by atoms with E-state index in [1.54, 1.807) is 20.0 Å². The summed E-state index contributed by atoms with van der Waals surface area (Å²) in [5.41, 5.74) is 1.07. The maximum absolute atomic E-state index is 12.2. The van der Waals surface area contributed by atoms with Crippen molar-refractivity contribution in [2.45, 2.75) is 27.7 Å². The molecule has 0 unspecified atom stereocenters. The Labute approximate surface area is 150 Å². The fraction of sp³-hybridized carbons (Fsp3) is 0.353. The standard InChI is InChI=1S/C17H21N7O2/c1-10-16(11(2)26-23-10)17(25)20-6-5-19-14-9-15(22-12(3)21-14)24-8-7-18-13(24)4/h7-9H,5-6H2,1-4H3,(H,20,25)(H,19,21,22). The average Bonchev–Trinajstić information content (AvgIpc) is 3.16.